The van der Waals surface area contributed by atoms with Gasteiger partial charge in [-0.15, -0.1) is 0 Å². The molecule has 2 fully saturated rings. The summed E-state index contributed by atoms with van der Waals surface area (Å²) in [6.45, 7) is 0. The molecule has 0 amide bonds. The molecule has 2 aliphatic heterocycles. The molecule has 1 N–H and O–H groups in total. The highest BCUT2D eigenvalue weighted by Gasteiger charge is 2.44. The summed E-state index contributed by atoms with van der Waals surface area (Å²) in [5, 5.41) is 19.7. The predicted molar refractivity (Wildman–Crippen MR) is 78.2 cm³/mol. The highest BCUT2D eigenvalue weighted by atomic mass is 19.1. The number of nitrogens with zero attached hydrogens (tertiary/aromatic N) is 2. The van der Waals surface area contributed by atoms with Crippen LogP contribution in [-0.2, 0) is 6.42 Å². The second-order valence-corrected chi connectivity index (χ2v) is 6.63. The second kappa shape index (κ2) is 5.40. The van der Waals surface area contributed by atoms with Crippen LogP contribution in [0.3, 0.4) is 0 Å². The molecule has 2 aliphatic rings. The van der Waals surface area contributed by atoms with Crippen molar-refractivity contribution in [2.45, 2.75) is 56.2 Å². The molecule has 2 atom stereocenters. The molecule has 112 valence electrons. The molecule has 3 nitrogen and oxygen atoms in total. The Morgan fingerprint density at radius 3 is 2.62 bits per heavy atom. The highest BCUT2D eigenvalue weighted by Crippen LogP contribution is 2.40. The lowest BCUT2D eigenvalue weighted by Gasteiger charge is -2.50. The van der Waals surface area contributed by atoms with Crippen LogP contribution in [0.2, 0.25) is 0 Å². The quantitative estimate of drug-likeness (QED) is 0.910. The fourth-order valence-corrected chi connectivity index (χ4v) is 4.01. The maximum absolute atomic E-state index is 14.1. The van der Waals surface area contributed by atoms with E-state index in [4.69, 9.17) is 5.26 Å². The summed E-state index contributed by atoms with van der Waals surface area (Å²) >= 11 is 0. The standard InChI is InChI=1S/C17H21FN2O/c1-20-14-3-2-4-15(20)10-17(21,9-14)8-13-6-5-12(11-19)7-16(13)18/h5-7,14-15,21H,2-4,8-10H2,1H3. The zero-order valence-electron chi connectivity index (χ0n) is 12.3. The molecule has 0 aliphatic carbocycles. The Hall–Kier alpha value is -1.44. The third-order valence-electron chi connectivity index (χ3n) is 5.16. The van der Waals surface area contributed by atoms with Gasteiger partial charge in [-0.1, -0.05) is 12.5 Å². The Labute approximate surface area is 125 Å². The van der Waals surface area contributed by atoms with Crippen LogP contribution in [0.15, 0.2) is 18.2 Å². The molecule has 0 spiro atoms. The van der Waals surface area contributed by atoms with Crippen molar-refractivity contribution in [2.24, 2.45) is 0 Å². The van der Waals surface area contributed by atoms with Gasteiger partial charge in [0.2, 0.25) is 0 Å². The minimum Gasteiger partial charge on any atom is -0.389 e. The Morgan fingerprint density at radius 1 is 1.38 bits per heavy atom. The van der Waals surface area contributed by atoms with Crippen molar-refractivity contribution in [1.29, 1.82) is 5.26 Å². The highest BCUT2D eigenvalue weighted by molar-refractivity contribution is 5.33. The number of benzene rings is 1. The molecule has 3 rings (SSSR count). The largest absolute Gasteiger partial charge is 0.389 e. The third-order valence-corrected chi connectivity index (χ3v) is 5.16. The average Bonchev–Trinajstić information content (AvgIpc) is 2.43. The molecular weight excluding hydrogens is 267 g/mol. The zero-order valence-corrected chi connectivity index (χ0v) is 12.3. The number of hydrogen-bond acceptors (Lipinski definition) is 3. The first-order valence-electron chi connectivity index (χ1n) is 7.64. The summed E-state index contributed by atoms with van der Waals surface area (Å²) < 4.78 is 14.1. The van der Waals surface area contributed by atoms with E-state index in [1.807, 2.05) is 6.07 Å². The summed E-state index contributed by atoms with van der Waals surface area (Å²) in [6.07, 6.45) is 5.21. The predicted octanol–water partition coefficient (Wildman–Crippen LogP) is 2.62. The summed E-state index contributed by atoms with van der Waals surface area (Å²) in [4.78, 5) is 2.38. The van der Waals surface area contributed by atoms with Gasteiger partial charge in [0, 0.05) is 18.5 Å². The van der Waals surface area contributed by atoms with Gasteiger partial charge in [0.25, 0.3) is 0 Å². The number of rotatable bonds is 2. The first kappa shape index (κ1) is 14.5. The lowest BCUT2D eigenvalue weighted by atomic mass is 9.73. The molecule has 1 aromatic carbocycles. The Bertz CT molecular complexity index is 567. The van der Waals surface area contributed by atoms with Crippen LogP contribution in [0.5, 0.6) is 0 Å². The summed E-state index contributed by atoms with van der Waals surface area (Å²) in [5.74, 6) is -0.383. The van der Waals surface area contributed by atoms with E-state index in [9.17, 15) is 9.50 Å². The lowest BCUT2D eigenvalue weighted by Crippen LogP contribution is -2.57. The van der Waals surface area contributed by atoms with Crippen LogP contribution in [0.4, 0.5) is 4.39 Å². The van der Waals surface area contributed by atoms with E-state index in [1.165, 1.54) is 12.5 Å². The fourth-order valence-electron chi connectivity index (χ4n) is 4.01. The van der Waals surface area contributed by atoms with Crippen molar-refractivity contribution in [1.82, 2.24) is 4.90 Å². The van der Waals surface area contributed by atoms with Gasteiger partial charge < -0.3 is 10.0 Å². The monoisotopic (exact) mass is 288 g/mol. The van der Waals surface area contributed by atoms with Gasteiger partial charge in [-0.3, -0.25) is 0 Å². The van der Waals surface area contributed by atoms with Gasteiger partial charge in [0.1, 0.15) is 5.82 Å². The minimum absolute atomic E-state index is 0.323. The molecule has 1 aromatic rings. The van der Waals surface area contributed by atoms with Crippen molar-refractivity contribution in [2.75, 3.05) is 7.05 Å². The number of piperidine rings is 2. The van der Waals surface area contributed by atoms with Crippen molar-refractivity contribution in [3.63, 3.8) is 0 Å². The van der Waals surface area contributed by atoms with Crippen molar-refractivity contribution >= 4 is 0 Å². The van der Waals surface area contributed by atoms with Crippen LogP contribution in [0, 0.1) is 17.1 Å². The Balaban J connectivity index is 1.80. The second-order valence-electron chi connectivity index (χ2n) is 6.63. The van der Waals surface area contributed by atoms with Crippen LogP contribution < -0.4 is 0 Å². The van der Waals surface area contributed by atoms with Crippen LogP contribution in [0.1, 0.15) is 43.2 Å². The summed E-state index contributed by atoms with van der Waals surface area (Å²) in [7, 11) is 2.14. The van der Waals surface area contributed by atoms with Crippen molar-refractivity contribution < 1.29 is 9.50 Å². The van der Waals surface area contributed by atoms with Gasteiger partial charge >= 0.3 is 0 Å². The van der Waals surface area contributed by atoms with E-state index < -0.39 is 5.60 Å². The maximum Gasteiger partial charge on any atom is 0.127 e. The van der Waals surface area contributed by atoms with Crippen molar-refractivity contribution in [3.05, 3.63) is 35.1 Å². The average molecular weight is 288 g/mol. The molecule has 2 unspecified atom stereocenters. The molecule has 4 heteroatoms. The molecule has 2 heterocycles. The number of fused-ring (bicyclic) bond motifs is 2. The van der Waals surface area contributed by atoms with E-state index >= 15 is 0 Å². The fraction of sp³-hybridized carbons (Fsp3) is 0.588. The Kier molecular flexibility index (Phi) is 3.73. The first-order valence-corrected chi connectivity index (χ1v) is 7.64. The van der Waals surface area contributed by atoms with Gasteiger partial charge in [0.15, 0.2) is 0 Å². The van der Waals surface area contributed by atoms with Crippen LogP contribution in [-0.4, -0.2) is 34.7 Å². The number of aliphatic hydroxyl groups is 1. The lowest BCUT2D eigenvalue weighted by molar-refractivity contribution is -0.0823. The van der Waals surface area contributed by atoms with Crippen molar-refractivity contribution in [3.8, 4) is 6.07 Å². The molecule has 21 heavy (non-hydrogen) atoms. The first-order chi connectivity index (χ1) is 10.0. The van der Waals surface area contributed by atoms with Gasteiger partial charge in [-0.05, 0) is 50.4 Å². The number of hydrogen-bond donors (Lipinski definition) is 1. The van der Waals surface area contributed by atoms with E-state index in [-0.39, 0.29) is 5.82 Å². The minimum atomic E-state index is -0.822. The SMILES string of the molecule is CN1C2CCCC1CC(O)(Cc1ccc(C#N)cc1F)C2. The Morgan fingerprint density at radius 2 is 2.05 bits per heavy atom. The molecule has 2 saturated heterocycles. The molecule has 2 bridgehead atoms. The van der Waals surface area contributed by atoms with E-state index in [0.717, 1.165) is 12.8 Å². The van der Waals surface area contributed by atoms with Gasteiger partial charge in [0.05, 0.1) is 17.2 Å². The molecular formula is C17H21FN2O. The van der Waals surface area contributed by atoms with E-state index in [2.05, 4.69) is 11.9 Å². The topological polar surface area (TPSA) is 47.3 Å². The van der Waals surface area contributed by atoms with Crippen LogP contribution >= 0.6 is 0 Å². The zero-order chi connectivity index (χ0) is 15.0. The maximum atomic E-state index is 14.1. The smallest absolute Gasteiger partial charge is 0.127 e. The molecule has 0 aromatic heterocycles. The molecule has 0 radical (unpaired) electrons. The number of nitriles is 1. The summed E-state index contributed by atoms with van der Waals surface area (Å²) in [6, 6.07) is 7.27. The van der Waals surface area contributed by atoms with E-state index in [1.54, 1.807) is 12.1 Å². The number of halogens is 1. The third kappa shape index (κ3) is 2.81. The van der Waals surface area contributed by atoms with Gasteiger partial charge in [-0.25, -0.2) is 4.39 Å². The normalized spacial score (nSPS) is 32.7. The van der Waals surface area contributed by atoms with Crippen LogP contribution in [0.25, 0.3) is 0 Å². The molecule has 0 saturated carbocycles. The summed E-state index contributed by atoms with van der Waals surface area (Å²) in [5.41, 5.74) is 0.0136. The van der Waals surface area contributed by atoms with Gasteiger partial charge in [-0.2, -0.15) is 5.26 Å². The van der Waals surface area contributed by atoms with E-state index in [0.29, 0.717) is 42.5 Å².